The number of rotatable bonds is 8. The molecule has 1 unspecified atom stereocenters. The molecule has 250 valence electrons. The first-order valence-electron chi connectivity index (χ1n) is 16.7. The maximum atomic E-state index is 15.2. The quantitative estimate of drug-likeness (QED) is 0.188. The van der Waals surface area contributed by atoms with E-state index >= 15 is 4.39 Å². The van der Waals surface area contributed by atoms with E-state index in [1.165, 1.54) is 6.07 Å². The van der Waals surface area contributed by atoms with Gasteiger partial charge < -0.3 is 20.1 Å². The molecule has 0 spiro atoms. The molecule has 10 nitrogen and oxygen atoms in total. The van der Waals surface area contributed by atoms with Crippen molar-refractivity contribution in [3.05, 3.63) is 71.3 Å². The molecule has 12 heteroatoms. The molecule has 3 fully saturated rings. The third-order valence-corrected chi connectivity index (χ3v) is 10.2. The van der Waals surface area contributed by atoms with Gasteiger partial charge in [-0.15, -0.1) is 0 Å². The summed E-state index contributed by atoms with van der Waals surface area (Å²) in [5, 5.41) is 6.96. The highest BCUT2D eigenvalue weighted by Gasteiger charge is 2.31. The molecule has 1 atom stereocenters. The summed E-state index contributed by atoms with van der Waals surface area (Å²) in [4.78, 5) is 51.0. The molecular weight excluding hydrogens is 633 g/mol. The number of nitrogens with one attached hydrogen (secondary N) is 3. The number of halogens is 2. The first kappa shape index (κ1) is 31.9. The lowest BCUT2D eigenvalue weighted by Crippen LogP contribution is -2.51. The highest BCUT2D eigenvalue weighted by molar-refractivity contribution is 6.38. The van der Waals surface area contributed by atoms with Gasteiger partial charge in [0.25, 0.3) is 0 Å². The Balaban J connectivity index is 0.972. The summed E-state index contributed by atoms with van der Waals surface area (Å²) in [6.45, 7) is 5.50. The molecule has 0 aliphatic carbocycles. The summed E-state index contributed by atoms with van der Waals surface area (Å²) < 4.78 is 15.2. The molecule has 0 bridgehead atoms. The number of H-pyrrole nitrogens is 1. The number of carbonyl (C=O) groups excluding carboxylic acids is 3. The summed E-state index contributed by atoms with van der Waals surface area (Å²) in [6.07, 6.45) is 7.79. The second kappa shape index (κ2) is 13.5. The van der Waals surface area contributed by atoms with Crippen molar-refractivity contribution in [2.45, 2.75) is 51.5 Å². The van der Waals surface area contributed by atoms with Crippen LogP contribution in [0.3, 0.4) is 0 Å². The van der Waals surface area contributed by atoms with E-state index in [9.17, 15) is 14.4 Å². The smallest absolute Gasteiger partial charge is 0.324 e. The predicted octanol–water partition coefficient (Wildman–Crippen LogP) is 6.35. The second-order valence-corrected chi connectivity index (χ2v) is 13.3. The maximum absolute atomic E-state index is 15.2. The Labute approximate surface area is 283 Å². The lowest BCUT2D eigenvalue weighted by molar-refractivity contribution is -0.133. The number of aromatic amines is 1. The van der Waals surface area contributed by atoms with Crippen molar-refractivity contribution in [3.63, 3.8) is 0 Å². The number of piperidine rings is 2. The number of anilines is 3. The SMILES string of the molecule is CCc1c[nH]c2ncc(-c3cccc(N4CCCN(CC5CCN(c6ccc(NC7CCC(=O)NC7=O)cc6F)CC5)C4=O)c3)c(Cl)c12. The normalized spacial score (nSPS) is 19.3. The summed E-state index contributed by atoms with van der Waals surface area (Å²) in [5.41, 5.74) is 5.52. The Morgan fingerprint density at radius 3 is 2.65 bits per heavy atom. The molecule has 3 aliphatic heterocycles. The van der Waals surface area contributed by atoms with Crippen LogP contribution in [-0.4, -0.2) is 71.5 Å². The molecule has 2 aromatic carbocycles. The Morgan fingerprint density at radius 1 is 1.04 bits per heavy atom. The van der Waals surface area contributed by atoms with Gasteiger partial charge in [-0.3, -0.25) is 19.8 Å². The summed E-state index contributed by atoms with van der Waals surface area (Å²) in [7, 11) is 0. The fourth-order valence-electron chi connectivity index (χ4n) is 7.18. The predicted molar refractivity (Wildman–Crippen MR) is 186 cm³/mol. The van der Waals surface area contributed by atoms with Gasteiger partial charge in [0, 0.05) is 73.9 Å². The number of imide groups is 1. The molecule has 48 heavy (non-hydrogen) atoms. The Bertz CT molecular complexity index is 1870. The lowest BCUT2D eigenvalue weighted by atomic mass is 9.95. The van der Waals surface area contributed by atoms with Gasteiger partial charge in [0.1, 0.15) is 17.5 Å². The van der Waals surface area contributed by atoms with Crippen LogP contribution in [0.5, 0.6) is 0 Å². The van der Waals surface area contributed by atoms with E-state index in [0.29, 0.717) is 61.5 Å². The Morgan fingerprint density at radius 2 is 1.88 bits per heavy atom. The molecule has 4 aromatic rings. The number of nitrogens with zero attached hydrogens (tertiary/aromatic N) is 4. The fraction of sp³-hybridized carbons (Fsp3) is 0.389. The second-order valence-electron chi connectivity index (χ2n) is 12.9. The highest BCUT2D eigenvalue weighted by atomic mass is 35.5. The van der Waals surface area contributed by atoms with Gasteiger partial charge in [-0.2, -0.15) is 0 Å². The van der Waals surface area contributed by atoms with E-state index < -0.39 is 6.04 Å². The van der Waals surface area contributed by atoms with Gasteiger partial charge in [0.05, 0.1) is 10.7 Å². The van der Waals surface area contributed by atoms with Crippen LogP contribution < -0.4 is 20.4 Å². The zero-order chi connectivity index (χ0) is 33.4. The molecule has 2 aromatic heterocycles. The average Bonchev–Trinajstić information content (AvgIpc) is 3.52. The summed E-state index contributed by atoms with van der Waals surface area (Å²) in [5.74, 6) is -0.712. The number of aromatic nitrogens is 2. The van der Waals surface area contributed by atoms with E-state index in [-0.39, 0.29) is 30.1 Å². The van der Waals surface area contributed by atoms with Gasteiger partial charge in [-0.05, 0) is 79.5 Å². The van der Waals surface area contributed by atoms with Gasteiger partial charge >= 0.3 is 6.03 Å². The van der Waals surface area contributed by atoms with Crippen LogP contribution in [0, 0.1) is 11.7 Å². The van der Waals surface area contributed by atoms with Gasteiger partial charge in [0.15, 0.2) is 0 Å². The minimum atomic E-state index is -0.564. The van der Waals surface area contributed by atoms with Crippen molar-refractivity contribution >= 4 is 57.5 Å². The van der Waals surface area contributed by atoms with Crippen LogP contribution in [0.2, 0.25) is 5.02 Å². The summed E-state index contributed by atoms with van der Waals surface area (Å²) in [6, 6.07) is 12.3. The highest BCUT2D eigenvalue weighted by Crippen LogP contribution is 2.37. The van der Waals surface area contributed by atoms with Gasteiger partial charge in [0.2, 0.25) is 11.8 Å². The van der Waals surface area contributed by atoms with E-state index in [2.05, 4.69) is 27.5 Å². The maximum Gasteiger partial charge on any atom is 0.324 e. The minimum Gasteiger partial charge on any atom is -0.374 e. The number of benzene rings is 2. The van der Waals surface area contributed by atoms with Crippen molar-refractivity contribution in [1.82, 2.24) is 20.2 Å². The Hall–Kier alpha value is -4.64. The number of fused-ring (bicyclic) bond motifs is 1. The molecule has 3 aliphatic rings. The van der Waals surface area contributed by atoms with E-state index in [4.69, 9.17) is 11.6 Å². The Kier molecular flexibility index (Phi) is 8.96. The van der Waals surface area contributed by atoms with Crippen LogP contribution in [0.15, 0.2) is 54.9 Å². The van der Waals surface area contributed by atoms with Crippen LogP contribution >= 0.6 is 11.6 Å². The number of hydrogen-bond acceptors (Lipinski definition) is 6. The van der Waals surface area contributed by atoms with Crippen LogP contribution in [0.4, 0.5) is 26.2 Å². The zero-order valence-electron chi connectivity index (χ0n) is 26.9. The number of carbonyl (C=O) groups is 3. The van der Waals surface area contributed by atoms with E-state index in [0.717, 1.165) is 59.1 Å². The van der Waals surface area contributed by atoms with Crippen molar-refractivity contribution in [1.29, 1.82) is 0 Å². The van der Waals surface area contributed by atoms with Crippen molar-refractivity contribution < 1.29 is 18.8 Å². The topological polar surface area (TPSA) is 114 Å². The molecule has 3 saturated heterocycles. The third-order valence-electron chi connectivity index (χ3n) is 9.84. The standard InChI is InChI=1S/C36H39ClFN7O3/c1-2-23-19-39-34-32(23)33(37)27(20-40-34)24-5-3-6-26(17-24)45-14-4-13-44(36(45)48)21-22-11-15-43(16-12-22)30-9-7-25(18-28(30)38)41-29-8-10-31(46)42-35(29)47/h3,5-7,9,17-20,22,29,41H,2,4,8,10-16,21H2,1H3,(H,39,40)(H,42,46,47). The van der Waals surface area contributed by atoms with E-state index in [1.807, 2.05) is 45.2 Å². The zero-order valence-corrected chi connectivity index (χ0v) is 27.7. The van der Waals surface area contributed by atoms with Crippen molar-refractivity contribution in [2.75, 3.05) is 47.8 Å². The fourth-order valence-corrected chi connectivity index (χ4v) is 7.55. The number of hydrogen-bond donors (Lipinski definition) is 3. The third kappa shape index (κ3) is 6.31. The van der Waals surface area contributed by atoms with Crippen LogP contribution in [0.25, 0.3) is 22.2 Å². The molecule has 4 amide bonds. The molecule has 0 saturated carbocycles. The van der Waals surface area contributed by atoms with Crippen LogP contribution in [0.1, 0.15) is 44.6 Å². The first-order valence-corrected chi connectivity index (χ1v) is 17.1. The largest absolute Gasteiger partial charge is 0.374 e. The number of aryl methyl sites for hydroxylation is 1. The number of amides is 4. The molecule has 5 heterocycles. The monoisotopic (exact) mass is 671 g/mol. The molecule has 3 N–H and O–H groups in total. The van der Waals surface area contributed by atoms with E-state index in [1.54, 1.807) is 18.3 Å². The molecule has 0 radical (unpaired) electrons. The summed E-state index contributed by atoms with van der Waals surface area (Å²) >= 11 is 6.91. The molecule has 7 rings (SSSR count). The van der Waals surface area contributed by atoms with Crippen molar-refractivity contribution in [3.8, 4) is 11.1 Å². The number of pyridine rings is 1. The first-order chi connectivity index (χ1) is 23.3. The van der Waals surface area contributed by atoms with Gasteiger partial charge in [-0.1, -0.05) is 30.7 Å². The lowest BCUT2D eigenvalue weighted by Gasteiger charge is -2.40. The van der Waals surface area contributed by atoms with Crippen LogP contribution in [-0.2, 0) is 16.0 Å². The minimum absolute atomic E-state index is 0.00422. The van der Waals surface area contributed by atoms with Gasteiger partial charge in [-0.25, -0.2) is 14.2 Å². The number of urea groups is 1. The average molecular weight is 672 g/mol. The van der Waals surface area contributed by atoms with Crippen molar-refractivity contribution in [2.24, 2.45) is 5.92 Å². The molecular formula is C36H39ClFN7O3.